The number of ketones is 1. The minimum atomic E-state index is 0.339. The highest BCUT2D eigenvalue weighted by Gasteiger charge is 1.97. The summed E-state index contributed by atoms with van der Waals surface area (Å²) in [6.45, 7) is 3.59. The maximum absolute atomic E-state index is 11.0. The summed E-state index contributed by atoms with van der Waals surface area (Å²) >= 11 is 0. The molecule has 0 saturated carbocycles. The summed E-state index contributed by atoms with van der Waals surface area (Å²) < 4.78 is 0. The van der Waals surface area contributed by atoms with Crippen LogP contribution >= 0.6 is 0 Å². The van der Waals surface area contributed by atoms with Gasteiger partial charge in [-0.3, -0.25) is 4.79 Å². The van der Waals surface area contributed by atoms with Crippen LogP contribution in [0, 0.1) is 0 Å². The largest absolute Gasteiger partial charge is 0.399 e. The molecule has 0 saturated heterocycles. The molecule has 0 fully saturated rings. The summed E-state index contributed by atoms with van der Waals surface area (Å²) in [6.07, 6.45) is 2.24. The third-order valence-corrected chi connectivity index (χ3v) is 2.48. The first-order chi connectivity index (χ1) is 7.72. The molecule has 3 heteroatoms. The maximum atomic E-state index is 11.0. The predicted molar refractivity (Wildman–Crippen MR) is 67.1 cm³/mol. The Morgan fingerprint density at radius 3 is 2.94 bits per heavy atom. The van der Waals surface area contributed by atoms with Crippen LogP contribution in [-0.2, 0) is 11.3 Å². The molecule has 3 nitrogen and oxygen atoms in total. The van der Waals surface area contributed by atoms with Crippen molar-refractivity contribution in [1.29, 1.82) is 0 Å². The molecule has 0 heterocycles. The van der Waals surface area contributed by atoms with Crippen LogP contribution in [0.1, 0.15) is 31.7 Å². The molecule has 0 aromatic heterocycles. The summed E-state index contributed by atoms with van der Waals surface area (Å²) in [7, 11) is 0. The number of nitrogens with two attached hydrogens (primary N) is 1. The van der Waals surface area contributed by atoms with E-state index in [2.05, 4.69) is 5.32 Å². The Kier molecular flexibility index (Phi) is 5.57. The molecule has 1 rings (SSSR count). The summed E-state index contributed by atoms with van der Waals surface area (Å²) in [4.78, 5) is 11.0. The monoisotopic (exact) mass is 220 g/mol. The third kappa shape index (κ3) is 4.94. The molecule has 0 aliphatic heterocycles. The highest BCUT2D eigenvalue weighted by atomic mass is 16.1. The van der Waals surface area contributed by atoms with Crippen molar-refractivity contribution in [3.8, 4) is 0 Å². The summed E-state index contributed by atoms with van der Waals surface area (Å²) in [6, 6.07) is 7.83. The Bertz CT molecular complexity index is 336. The van der Waals surface area contributed by atoms with Gasteiger partial charge in [-0.2, -0.15) is 0 Å². The van der Waals surface area contributed by atoms with Gasteiger partial charge in [0.1, 0.15) is 5.78 Å². The fourth-order valence-electron chi connectivity index (χ4n) is 1.52. The van der Waals surface area contributed by atoms with Crippen molar-refractivity contribution < 1.29 is 4.79 Å². The molecule has 0 spiro atoms. The molecular weight excluding hydrogens is 200 g/mol. The lowest BCUT2D eigenvalue weighted by atomic mass is 10.1. The second-order valence-electron chi connectivity index (χ2n) is 3.92. The summed E-state index contributed by atoms with van der Waals surface area (Å²) in [5.41, 5.74) is 7.65. The van der Waals surface area contributed by atoms with Gasteiger partial charge < -0.3 is 11.1 Å². The van der Waals surface area contributed by atoms with Crippen molar-refractivity contribution in [1.82, 2.24) is 5.32 Å². The van der Waals surface area contributed by atoms with E-state index in [4.69, 9.17) is 5.73 Å². The Morgan fingerprint density at radius 2 is 2.25 bits per heavy atom. The van der Waals surface area contributed by atoms with Gasteiger partial charge in [0.25, 0.3) is 0 Å². The highest BCUT2D eigenvalue weighted by Crippen LogP contribution is 2.05. The van der Waals surface area contributed by atoms with Crippen LogP contribution in [0.2, 0.25) is 0 Å². The molecule has 0 aliphatic rings. The standard InChI is InChI=1S/C13H20N2O/c1-2-13(16)7-4-8-15-10-11-5-3-6-12(14)9-11/h3,5-6,9,15H,2,4,7-8,10,14H2,1H3. The van der Waals surface area contributed by atoms with E-state index in [0.29, 0.717) is 18.6 Å². The van der Waals surface area contributed by atoms with E-state index >= 15 is 0 Å². The number of Topliss-reactive ketones (excluding diaryl/α,β-unsaturated/α-hetero) is 1. The van der Waals surface area contributed by atoms with Gasteiger partial charge in [-0.25, -0.2) is 0 Å². The lowest BCUT2D eigenvalue weighted by Crippen LogP contribution is -2.15. The number of anilines is 1. The van der Waals surface area contributed by atoms with Crippen molar-refractivity contribution in [2.75, 3.05) is 12.3 Å². The van der Waals surface area contributed by atoms with Crippen LogP contribution < -0.4 is 11.1 Å². The van der Waals surface area contributed by atoms with Crippen LogP contribution in [0.15, 0.2) is 24.3 Å². The van der Waals surface area contributed by atoms with Crippen LogP contribution in [-0.4, -0.2) is 12.3 Å². The second-order valence-corrected chi connectivity index (χ2v) is 3.92. The zero-order valence-electron chi connectivity index (χ0n) is 9.83. The first-order valence-electron chi connectivity index (χ1n) is 5.79. The van der Waals surface area contributed by atoms with E-state index in [1.165, 1.54) is 5.56 Å². The fraction of sp³-hybridized carbons (Fsp3) is 0.462. The number of nitrogen functional groups attached to an aromatic ring is 1. The fourth-order valence-corrected chi connectivity index (χ4v) is 1.52. The smallest absolute Gasteiger partial charge is 0.132 e. The summed E-state index contributed by atoms with van der Waals surface area (Å²) in [5.74, 6) is 0.339. The normalized spacial score (nSPS) is 10.3. The third-order valence-electron chi connectivity index (χ3n) is 2.48. The van der Waals surface area contributed by atoms with E-state index < -0.39 is 0 Å². The molecule has 0 atom stereocenters. The zero-order valence-corrected chi connectivity index (χ0v) is 9.83. The Morgan fingerprint density at radius 1 is 1.44 bits per heavy atom. The van der Waals surface area contributed by atoms with Gasteiger partial charge in [0, 0.05) is 25.1 Å². The topological polar surface area (TPSA) is 55.1 Å². The molecular formula is C13H20N2O. The van der Waals surface area contributed by atoms with Gasteiger partial charge in [-0.1, -0.05) is 19.1 Å². The minimum Gasteiger partial charge on any atom is -0.399 e. The molecule has 0 aliphatic carbocycles. The maximum Gasteiger partial charge on any atom is 0.132 e. The molecule has 1 aromatic carbocycles. The minimum absolute atomic E-state index is 0.339. The van der Waals surface area contributed by atoms with E-state index in [-0.39, 0.29) is 0 Å². The number of hydrogen-bond acceptors (Lipinski definition) is 3. The van der Waals surface area contributed by atoms with Crippen LogP contribution in [0.5, 0.6) is 0 Å². The van der Waals surface area contributed by atoms with Crippen molar-refractivity contribution in [3.63, 3.8) is 0 Å². The van der Waals surface area contributed by atoms with Gasteiger partial charge >= 0.3 is 0 Å². The predicted octanol–water partition coefficient (Wildman–Crippen LogP) is 2.12. The Hall–Kier alpha value is -1.35. The molecule has 0 radical (unpaired) electrons. The van der Waals surface area contributed by atoms with Crippen LogP contribution in [0.3, 0.4) is 0 Å². The molecule has 0 amide bonds. The molecule has 1 aromatic rings. The second kappa shape index (κ2) is 7.01. The summed E-state index contributed by atoms with van der Waals surface area (Å²) in [5, 5.41) is 3.30. The Labute approximate surface area is 97.0 Å². The average molecular weight is 220 g/mol. The number of carbonyl (C=O) groups is 1. The molecule has 0 bridgehead atoms. The molecule has 3 N–H and O–H groups in total. The SMILES string of the molecule is CCC(=O)CCCNCc1cccc(N)c1. The van der Waals surface area contributed by atoms with E-state index in [1.807, 2.05) is 31.2 Å². The lowest BCUT2D eigenvalue weighted by molar-refractivity contribution is -0.118. The number of carbonyl (C=O) groups excluding carboxylic acids is 1. The first-order valence-corrected chi connectivity index (χ1v) is 5.79. The quantitative estimate of drug-likeness (QED) is 0.546. The van der Waals surface area contributed by atoms with E-state index in [9.17, 15) is 4.79 Å². The van der Waals surface area contributed by atoms with Gasteiger partial charge in [-0.15, -0.1) is 0 Å². The van der Waals surface area contributed by atoms with Gasteiger partial charge in [0.15, 0.2) is 0 Å². The van der Waals surface area contributed by atoms with Crippen molar-refractivity contribution >= 4 is 11.5 Å². The number of rotatable bonds is 7. The first kappa shape index (κ1) is 12.7. The van der Waals surface area contributed by atoms with Crippen molar-refractivity contribution in [3.05, 3.63) is 29.8 Å². The van der Waals surface area contributed by atoms with E-state index in [1.54, 1.807) is 0 Å². The average Bonchev–Trinajstić information content (AvgIpc) is 2.28. The number of hydrogen-bond donors (Lipinski definition) is 2. The van der Waals surface area contributed by atoms with Crippen molar-refractivity contribution in [2.24, 2.45) is 0 Å². The van der Waals surface area contributed by atoms with E-state index in [0.717, 1.165) is 25.2 Å². The molecule has 88 valence electrons. The highest BCUT2D eigenvalue weighted by molar-refractivity contribution is 5.77. The van der Waals surface area contributed by atoms with Crippen molar-refractivity contribution in [2.45, 2.75) is 32.7 Å². The lowest BCUT2D eigenvalue weighted by Gasteiger charge is -2.05. The molecule has 0 unspecified atom stereocenters. The zero-order chi connectivity index (χ0) is 11.8. The number of nitrogens with one attached hydrogen (secondary N) is 1. The number of benzene rings is 1. The Balaban J connectivity index is 2.14. The molecule has 16 heavy (non-hydrogen) atoms. The van der Waals surface area contributed by atoms with Gasteiger partial charge in [0.05, 0.1) is 0 Å². The van der Waals surface area contributed by atoms with Gasteiger partial charge in [0.2, 0.25) is 0 Å². The van der Waals surface area contributed by atoms with Crippen LogP contribution in [0.25, 0.3) is 0 Å². The van der Waals surface area contributed by atoms with Crippen LogP contribution in [0.4, 0.5) is 5.69 Å². The van der Waals surface area contributed by atoms with Gasteiger partial charge in [-0.05, 0) is 30.7 Å².